The molecule has 0 aromatic heterocycles. The molecule has 0 aromatic rings. The van der Waals surface area contributed by atoms with Gasteiger partial charge in [0.05, 0.1) is 5.08 Å². The molecule has 0 rings (SSSR count). The maximum absolute atomic E-state index is 5.25. The SMILES string of the molecule is CCCCCNC(=S)SCSC(=S)NCCCCC. The smallest absolute Gasteiger partial charge is 0.134 e. The Morgan fingerprint density at radius 2 is 1.21 bits per heavy atom. The van der Waals surface area contributed by atoms with Crippen molar-refractivity contribution < 1.29 is 0 Å². The highest BCUT2D eigenvalue weighted by atomic mass is 32.2. The third-order valence-electron chi connectivity index (χ3n) is 2.48. The van der Waals surface area contributed by atoms with Crippen molar-refractivity contribution in [2.45, 2.75) is 52.4 Å². The zero-order valence-corrected chi connectivity index (χ0v) is 15.3. The average molecular weight is 339 g/mol. The van der Waals surface area contributed by atoms with E-state index >= 15 is 0 Å². The van der Waals surface area contributed by atoms with Gasteiger partial charge in [-0.05, 0) is 12.8 Å². The topological polar surface area (TPSA) is 24.1 Å². The van der Waals surface area contributed by atoms with Gasteiger partial charge in [0.2, 0.25) is 0 Å². The van der Waals surface area contributed by atoms with E-state index < -0.39 is 0 Å². The summed E-state index contributed by atoms with van der Waals surface area (Å²) in [5.41, 5.74) is 0. The monoisotopic (exact) mass is 338 g/mol. The third kappa shape index (κ3) is 14.7. The number of nitrogens with one attached hydrogen (secondary N) is 2. The molecule has 112 valence electrons. The Bertz CT molecular complexity index is 223. The van der Waals surface area contributed by atoms with Gasteiger partial charge in [-0.25, -0.2) is 0 Å². The van der Waals surface area contributed by atoms with Crippen molar-refractivity contribution in [3.05, 3.63) is 0 Å². The van der Waals surface area contributed by atoms with Gasteiger partial charge in [-0.3, -0.25) is 0 Å². The summed E-state index contributed by atoms with van der Waals surface area (Å²) in [5, 5.41) is 7.43. The van der Waals surface area contributed by atoms with Gasteiger partial charge in [0.1, 0.15) is 8.64 Å². The Morgan fingerprint density at radius 1 is 0.789 bits per heavy atom. The van der Waals surface area contributed by atoms with Crippen LogP contribution in [0.2, 0.25) is 0 Å². The van der Waals surface area contributed by atoms with E-state index in [1.165, 1.54) is 38.5 Å². The van der Waals surface area contributed by atoms with E-state index in [4.69, 9.17) is 24.4 Å². The Kier molecular flexibility index (Phi) is 15.3. The summed E-state index contributed by atoms with van der Waals surface area (Å²) in [6.07, 6.45) is 7.41. The second kappa shape index (κ2) is 14.9. The minimum Gasteiger partial charge on any atom is -0.371 e. The van der Waals surface area contributed by atoms with Gasteiger partial charge in [0, 0.05) is 13.1 Å². The van der Waals surface area contributed by atoms with Crippen molar-refractivity contribution in [2.75, 3.05) is 18.2 Å². The summed E-state index contributed by atoms with van der Waals surface area (Å²) in [4.78, 5) is 0. The molecule has 2 nitrogen and oxygen atoms in total. The first-order valence-electron chi connectivity index (χ1n) is 7.02. The minimum absolute atomic E-state index is 0.886. The molecule has 0 fully saturated rings. The van der Waals surface area contributed by atoms with E-state index in [1.807, 2.05) is 0 Å². The van der Waals surface area contributed by atoms with Crippen LogP contribution in [0.5, 0.6) is 0 Å². The van der Waals surface area contributed by atoms with Crippen LogP contribution in [0.25, 0.3) is 0 Å². The van der Waals surface area contributed by atoms with Gasteiger partial charge in [-0.15, -0.1) is 0 Å². The average Bonchev–Trinajstić information content (AvgIpc) is 2.40. The molecule has 0 bridgehead atoms. The van der Waals surface area contributed by atoms with E-state index in [-0.39, 0.29) is 0 Å². The Morgan fingerprint density at radius 3 is 1.58 bits per heavy atom. The molecule has 0 atom stereocenters. The standard InChI is InChI=1S/C13H26N2S4/c1-3-5-7-9-14-12(16)18-11-19-13(17)15-10-8-6-4-2/h3-11H2,1-2H3,(H,14,16)(H,15,17). The van der Waals surface area contributed by atoms with Gasteiger partial charge >= 0.3 is 0 Å². The molecule has 6 heteroatoms. The van der Waals surface area contributed by atoms with Gasteiger partial charge in [-0.2, -0.15) is 0 Å². The molecule has 0 aromatic carbocycles. The fraction of sp³-hybridized carbons (Fsp3) is 0.846. The Balaban J connectivity index is 3.35. The summed E-state index contributed by atoms with van der Waals surface area (Å²) in [6, 6.07) is 0. The summed E-state index contributed by atoms with van der Waals surface area (Å²) >= 11 is 13.8. The van der Waals surface area contributed by atoms with Crippen LogP contribution in [0.4, 0.5) is 0 Å². The first-order chi connectivity index (χ1) is 9.20. The van der Waals surface area contributed by atoms with Crippen molar-refractivity contribution in [1.82, 2.24) is 10.6 Å². The van der Waals surface area contributed by atoms with E-state index in [9.17, 15) is 0 Å². The molecule has 0 heterocycles. The number of rotatable bonds is 10. The summed E-state index contributed by atoms with van der Waals surface area (Å²) in [7, 11) is 0. The van der Waals surface area contributed by atoms with Crippen LogP contribution in [-0.4, -0.2) is 26.8 Å². The summed E-state index contributed by atoms with van der Waals surface area (Å²) in [6.45, 7) is 6.39. The van der Waals surface area contributed by atoms with Crippen molar-refractivity contribution >= 4 is 56.6 Å². The lowest BCUT2D eigenvalue weighted by Crippen LogP contribution is -2.21. The van der Waals surface area contributed by atoms with Crippen LogP contribution < -0.4 is 10.6 Å². The van der Waals surface area contributed by atoms with E-state index in [0.717, 1.165) is 26.8 Å². The second-order valence-corrected chi connectivity index (χ2v) is 7.92. The Hall–Kier alpha value is 0.480. The lowest BCUT2D eigenvalue weighted by atomic mass is 10.2. The number of unbranched alkanes of at least 4 members (excludes halogenated alkanes) is 4. The molecule has 0 spiro atoms. The van der Waals surface area contributed by atoms with Crippen LogP contribution >= 0.6 is 48.0 Å². The summed E-state index contributed by atoms with van der Waals surface area (Å²) < 4.78 is 1.77. The number of hydrogen-bond acceptors (Lipinski definition) is 4. The highest BCUT2D eigenvalue weighted by molar-refractivity contribution is 8.35. The highest BCUT2D eigenvalue weighted by Crippen LogP contribution is 2.14. The minimum atomic E-state index is 0.886. The largest absolute Gasteiger partial charge is 0.371 e. The number of thioether (sulfide) groups is 2. The molecule has 0 amide bonds. The molecule has 2 N–H and O–H groups in total. The lowest BCUT2D eigenvalue weighted by molar-refractivity contribution is 0.700. The predicted octanol–water partition coefficient (Wildman–Crippen LogP) is 4.54. The number of thiocarbonyl (C=S) groups is 2. The molecule has 19 heavy (non-hydrogen) atoms. The molecule has 0 saturated heterocycles. The van der Waals surface area contributed by atoms with E-state index in [2.05, 4.69) is 24.5 Å². The van der Waals surface area contributed by atoms with Crippen molar-refractivity contribution in [1.29, 1.82) is 0 Å². The Labute approximate surface area is 137 Å². The fourth-order valence-corrected chi connectivity index (χ4v) is 3.94. The maximum Gasteiger partial charge on any atom is 0.134 e. The van der Waals surface area contributed by atoms with E-state index in [0.29, 0.717) is 0 Å². The van der Waals surface area contributed by atoms with Crippen molar-refractivity contribution in [3.8, 4) is 0 Å². The maximum atomic E-state index is 5.25. The molecule has 0 aliphatic heterocycles. The first kappa shape index (κ1) is 19.5. The van der Waals surface area contributed by atoms with Crippen LogP contribution in [0.1, 0.15) is 52.4 Å². The normalized spacial score (nSPS) is 10.2. The fourth-order valence-electron chi connectivity index (χ4n) is 1.37. The van der Waals surface area contributed by atoms with Gasteiger partial charge in [0.15, 0.2) is 0 Å². The quantitative estimate of drug-likeness (QED) is 0.345. The first-order valence-corrected chi connectivity index (χ1v) is 9.80. The van der Waals surface area contributed by atoms with Crippen molar-refractivity contribution in [3.63, 3.8) is 0 Å². The highest BCUT2D eigenvalue weighted by Gasteiger charge is 2.00. The van der Waals surface area contributed by atoms with Gasteiger partial charge in [-0.1, -0.05) is 87.5 Å². The molecule has 0 saturated carbocycles. The van der Waals surface area contributed by atoms with Crippen LogP contribution in [0, 0.1) is 0 Å². The zero-order chi connectivity index (χ0) is 14.3. The molecule has 0 unspecified atom stereocenters. The van der Waals surface area contributed by atoms with Crippen LogP contribution in [-0.2, 0) is 0 Å². The number of hydrogen-bond donors (Lipinski definition) is 2. The molecule has 0 aliphatic rings. The lowest BCUT2D eigenvalue weighted by Gasteiger charge is -2.08. The van der Waals surface area contributed by atoms with Gasteiger partial charge in [0.25, 0.3) is 0 Å². The molecule has 0 radical (unpaired) electrons. The molecule has 0 aliphatic carbocycles. The summed E-state index contributed by atoms with van der Waals surface area (Å²) in [5.74, 6) is 0. The van der Waals surface area contributed by atoms with Crippen LogP contribution in [0.3, 0.4) is 0 Å². The van der Waals surface area contributed by atoms with E-state index in [1.54, 1.807) is 23.5 Å². The van der Waals surface area contributed by atoms with Crippen molar-refractivity contribution in [2.24, 2.45) is 0 Å². The second-order valence-electron chi connectivity index (χ2n) is 4.25. The third-order valence-corrected chi connectivity index (χ3v) is 5.23. The van der Waals surface area contributed by atoms with Crippen LogP contribution in [0.15, 0.2) is 0 Å². The molecular weight excluding hydrogens is 312 g/mol. The predicted molar refractivity (Wildman–Crippen MR) is 100 cm³/mol. The zero-order valence-electron chi connectivity index (χ0n) is 12.0. The van der Waals surface area contributed by atoms with Gasteiger partial charge < -0.3 is 10.6 Å². The molecular formula is C13H26N2S4.